The number of para-hydroxylation sites is 6. The average molecular weight is 452 g/mol. The second-order valence-electron chi connectivity index (χ2n) is 7.66. The Kier molecular flexibility index (Phi) is 5.23. The summed E-state index contributed by atoms with van der Waals surface area (Å²) in [7, 11) is 0. The van der Waals surface area contributed by atoms with E-state index in [9.17, 15) is 19.8 Å². The summed E-state index contributed by atoms with van der Waals surface area (Å²) >= 11 is 0. The molecule has 1 heterocycles. The first-order valence-corrected chi connectivity index (χ1v) is 10.5. The SMILES string of the molecule is O=C(O)c1cccc2c1Nc1ccccc1Nc1c(cccc1C(=O)O)Nc1ccccc1N2. The number of carboxylic acid groups (broad SMARTS) is 2. The minimum Gasteiger partial charge on any atom is -0.478 e. The summed E-state index contributed by atoms with van der Waals surface area (Å²) in [6, 6.07) is 24.6. The predicted octanol–water partition coefficient (Wildman–Crippen LogP) is 6.37. The second-order valence-corrected chi connectivity index (χ2v) is 7.66. The van der Waals surface area contributed by atoms with Gasteiger partial charge in [0.1, 0.15) is 0 Å². The van der Waals surface area contributed by atoms with Gasteiger partial charge in [-0.25, -0.2) is 9.59 Å². The Morgan fingerprint density at radius 3 is 1.12 bits per heavy atom. The van der Waals surface area contributed by atoms with Crippen LogP contribution in [0.2, 0.25) is 0 Å². The molecule has 6 N–H and O–H groups in total. The molecule has 5 rings (SSSR count). The van der Waals surface area contributed by atoms with Crippen LogP contribution >= 0.6 is 0 Å². The van der Waals surface area contributed by atoms with E-state index in [2.05, 4.69) is 21.3 Å². The number of rotatable bonds is 2. The van der Waals surface area contributed by atoms with E-state index in [0.717, 1.165) is 0 Å². The van der Waals surface area contributed by atoms with Crippen LogP contribution in [0.5, 0.6) is 0 Å². The number of carboxylic acids is 2. The van der Waals surface area contributed by atoms with Crippen molar-refractivity contribution < 1.29 is 19.8 Å². The van der Waals surface area contributed by atoms with Crippen LogP contribution in [-0.4, -0.2) is 22.2 Å². The highest BCUT2D eigenvalue weighted by molar-refractivity contribution is 6.04. The number of benzene rings is 4. The summed E-state index contributed by atoms with van der Waals surface area (Å²) in [6.07, 6.45) is 0. The molecule has 0 spiro atoms. The average Bonchev–Trinajstić information content (AvgIpc) is 2.82. The van der Waals surface area contributed by atoms with Crippen molar-refractivity contribution in [3.05, 3.63) is 96.1 Å². The van der Waals surface area contributed by atoms with Gasteiger partial charge in [0.25, 0.3) is 0 Å². The maximum atomic E-state index is 12.0. The van der Waals surface area contributed by atoms with E-state index in [0.29, 0.717) is 45.5 Å². The molecule has 4 aromatic rings. The van der Waals surface area contributed by atoms with E-state index in [-0.39, 0.29) is 11.1 Å². The molecule has 0 aliphatic carbocycles. The van der Waals surface area contributed by atoms with Crippen LogP contribution in [0.1, 0.15) is 20.7 Å². The van der Waals surface area contributed by atoms with Gasteiger partial charge in [-0.3, -0.25) is 0 Å². The van der Waals surface area contributed by atoms with Gasteiger partial charge in [-0.15, -0.1) is 0 Å². The Balaban J connectivity index is 1.78. The highest BCUT2D eigenvalue weighted by Crippen LogP contribution is 2.41. The van der Waals surface area contributed by atoms with E-state index in [1.54, 1.807) is 36.4 Å². The number of hydrogen-bond donors (Lipinski definition) is 6. The van der Waals surface area contributed by atoms with Crippen molar-refractivity contribution in [2.45, 2.75) is 0 Å². The molecule has 0 aromatic heterocycles. The van der Waals surface area contributed by atoms with Crippen LogP contribution < -0.4 is 21.3 Å². The second kappa shape index (κ2) is 8.51. The molecule has 0 atom stereocenters. The van der Waals surface area contributed by atoms with E-state index < -0.39 is 11.9 Å². The Morgan fingerprint density at radius 1 is 0.441 bits per heavy atom. The zero-order valence-corrected chi connectivity index (χ0v) is 17.8. The summed E-state index contributed by atoms with van der Waals surface area (Å²) in [5.74, 6) is -2.15. The molecule has 34 heavy (non-hydrogen) atoms. The lowest BCUT2D eigenvalue weighted by Crippen LogP contribution is -2.10. The molecule has 0 saturated carbocycles. The number of nitrogens with one attached hydrogen (secondary N) is 4. The zero-order chi connectivity index (χ0) is 23.7. The molecular weight excluding hydrogens is 432 g/mol. The Labute approximate surface area is 194 Å². The summed E-state index contributed by atoms with van der Waals surface area (Å²) in [6.45, 7) is 0. The van der Waals surface area contributed by atoms with Gasteiger partial charge in [-0.2, -0.15) is 0 Å². The molecule has 0 bridgehead atoms. The fraction of sp³-hybridized carbons (Fsp3) is 0. The maximum absolute atomic E-state index is 12.0. The lowest BCUT2D eigenvalue weighted by atomic mass is 10.1. The van der Waals surface area contributed by atoms with Crippen LogP contribution in [0.4, 0.5) is 45.5 Å². The highest BCUT2D eigenvalue weighted by Gasteiger charge is 2.20. The van der Waals surface area contributed by atoms with E-state index >= 15 is 0 Å². The van der Waals surface area contributed by atoms with Crippen molar-refractivity contribution in [1.29, 1.82) is 0 Å². The molecule has 0 radical (unpaired) electrons. The molecular formula is C26H20N4O4. The van der Waals surface area contributed by atoms with Crippen molar-refractivity contribution in [3.8, 4) is 0 Å². The van der Waals surface area contributed by atoms with Crippen molar-refractivity contribution >= 4 is 57.4 Å². The first-order valence-electron chi connectivity index (χ1n) is 10.5. The Bertz CT molecular complexity index is 1330. The lowest BCUT2D eigenvalue weighted by Gasteiger charge is -2.23. The molecule has 1 aliphatic rings. The lowest BCUT2D eigenvalue weighted by molar-refractivity contribution is 0.0687. The fourth-order valence-electron chi connectivity index (χ4n) is 3.90. The van der Waals surface area contributed by atoms with Crippen LogP contribution in [0.3, 0.4) is 0 Å². The van der Waals surface area contributed by atoms with Gasteiger partial charge in [-0.05, 0) is 48.5 Å². The van der Waals surface area contributed by atoms with Crippen LogP contribution in [0.15, 0.2) is 84.9 Å². The molecule has 0 amide bonds. The third-order valence-corrected chi connectivity index (χ3v) is 5.50. The van der Waals surface area contributed by atoms with E-state index in [1.165, 1.54) is 12.1 Å². The molecule has 1 aliphatic heterocycles. The minimum atomic E-state index is -1.08. The summed E-state index contributed by atoms with van der Waals surface area (Å²) < 4.78 is 0. The third-order valence-electron chi connectivity index (χ3n) is 5.50. The number of fused-ring (bicyclic) bond motifs is 4. The number of aromatic carboxylic acids is 2. The third kappa shape index (κ3) is 3.84. The van der Waals surface area contributed by atoms with E-state index in [4.69, 9.17) is 0 Å². The Hall–Kier alpha value is -4.98. The molecule has 168 valence electrons. The number of anilines is 8. The highest BCUT2D eigenvalue weighted by atomic mass is 16.4. The minimum absolute atomic E-state index is 0.0916. The molecule has 0 unspecified atom stereocenters. The fourth-order valence-corrected chi connectivity index (χ4v) is 3.90. The number of carbonyl (C=O) groups is 2. The maximum Gasteiger partial charge on any atom is 0.337 e. The van der Waals surface area contributed by atoms with Crippen molar-refractivity contribution in [1.82, 2.24) is 0 Å². The van der Waals surface area contributed by atoms with Gasteiger partial charge in [-0.1, -0.05) is 36.4 Å². The van der Waals surface area contributed by atoms with Crippen LogP contribution in [-0.2, 0) is 0 Å². The monoisotopic (exact) mass is 452 g/mol. The quantitative estimate of drug-likeness (QED) is 0.183. The van der Waals surface area contributed by atoms with Crippen molar-refractivity contribution in [2.24, 2.45) is 0 Å². The van der Waals surface area contributed by atoms with Gasteiger partial charge < -0.3 is 31.5 Å². The predicted molar refractivity (Wildman–Crippen MR) is 133 cm³/mol. The van der Waals surface area contributed by atoms with Gasteiger partial charge >= 0.3 is 11.9 Å². The largest absolute Gasteiger partial charge is 0.478 e. The van der Waals surface area contributed by atoms with Gasteiger partial charge in [0.15, 0.2) is 0 Å². The molecule has 8 nitrogen and oxygen atoms in total. The molecule has 0 saturated heterocycles. The van der Waals surface area contributed by atoms with Crippen LogP contribution in [0, 0.1) is 0 Å². The first kappa shape index (κ1) is 20.9. The molecule has 4 aromatic carbocycles. The number of hydrogen-bond acceptors (Lipinski definition) is 6. The zero-order valence-electron chi connectivity index (χ0n) is 17.8. The van der Waals surface area contributed by atoms with Gasteiger partial charge in [0, 0.05) is 0 Å². The molecule has 8 heteroatoms. The van der Waals surface area contributed by atoms with Gasteiger partial charge in [0.05, 0.1) is 56.6 Å². The van der Waals surface area contributed by atoms with Crippen molar-refractivity contribution in [2.75, 3.05) is 21.3 Å². The normalized spacial score (nSPS) is 11.8. The van der Waals surface area contributed by atoms with Gasteiger partial charge in [0.2, 0.25) is 0 Å². The summed E-state index contributed by atoms with van der Waals surface area (Å²) in [4.78, 5) is 24.1. The first-order chi connectivity index (χ1) is 16.5. The Morgan fingerprint density at radius 2 is 0.765 bits per heavy atom. The smallest absolute Gasteiger partial charge is 0.337 e. The standard InChI is InChI=1S/C26H20N4O4/c31-25(32)15-7-5-13-21-23(15)29-19-11-3-4-12-20(19)30-24-16(26(33)34)8-6-14-22(24)28-18-10-2-1-9-17(18)27-21/h1-14,27-30H,(H,31,32)(H,33,34). The topological polar surface area (TPSA) is 123 Å². The van der Waals surface area contributed by atoms with Crippen molar-refractivity contribution in [3.63, 3.8) is 0 Å². The molecule has 0 fully saturated rings. The van der Waals surface area contributed by atoms with E-state index in [1.807, 2.05) is 36.4 Å². The summed E-state index contributed by atoms with van der Waals surface area (Å²) in [5.41, 5.74) is 4.63. The van der Waals surface area contributed by atoms with Crippen LogP contribution in [0.25, 0.3) is 0 Å². The summed E-state index contributed by atoms with van der Waals surface area (Å²) in [5, 5.41) is 32.8.